The van der Waals surface area contributed by atoms with E-state index in [9.17, 15) is 0 Å². The van der Waals surface area contributed by atoms with Crippen molar-refractivity contribution in [2.75, 3.05) is 20.3 Å². The van der Waals surface area contributed by atoms with Crippen LogP contribution in [0.15, 0.2) is 36.8 Å². The predicted molar refractivity (Wildman–Crippen MR) is 135 cm³/mol. The second-order valence-electron chi connectivity index (χ2n) is 10.6. The highest BCUT2D eigenvalue weighted by Crippen LogP contribution is 2.42. The summed E-state index contributed by atoms with van der Waals surface area (Å²) in [4.78, 5) is 8.04. The van der Waals surface area contributed by atoms with Crippen LogP contribution in [-0.2, 0) is 4.74 Å². The lowest BCUT2D eigenvalue weighted by molar-refractivity contribution is -0.0448. The number of pyridine rings is 1. The van der Waals surface area contributed by atoms with Crippen molar-refractivity contribution in [1.29, 1.82) is 0 Å². The molecule has 1 saturated carbocycles. The van der Waals surface area contributed by atoms with Crippen LogP contribution in [0.1, 0.15) is 68.9 Å². The number of hydrogen-bond acceptors (Lipinski definition) is 4. The van der Waals surface area contributed by atoms with E-state index >= 15 is 0 Å². The van der Waals surface area contributed by atoms with Gasteiger partial charge >= 0.3 is 0 Å². The van der Waals surface area contributed by atoms with Crippen LogP contribution >= 0.6 is 0 Å². The van der Waals surface area contributed by atoms with Gasteiger partial charge in [0.15, 0.2) is 11.4 Å². The van der Waals surface area contributed by atoms with Gasteiger partial charge in [-0.3, -0.25) is 0 Å². The first-order valence-corrected chi connectivity index (χ1v) is 12.7. The molecule has 6 nitrogen and oxygen atoms in total. The van der Waals surface area contributed by atoms with E-state index in [1.54, 1.807) is 18.0 Å². The topological polar surface area (TPSA) is 64.4 Å². The molecule has 34 heavy (non-hydrogen) atoms. The Morgan fingerprint density at radius 3 is 2.65 bits per heavy atom. The second-order valence-corrected chi connectivity index (χ2v) is 10.6. The van der Waals surface area contributed by atoms with Crippen molar-refractivity contribution >= 4 is 16.6 Å². The fourth-order valence-electron chi connectivity index (χ4n) is 6.12. The molecule has 1 saturated heterocycles. The molecule has 0 radical (unpaired) electrons. The van der Waals surface area contributed by atoms with Crippen LogP contribution in [0, 0.1) is 11.8 Å². The standard InChI is InChI=1S/C28H34N4O2/c1-17(2)26-23-11-21(20-6-4-18(5-7-20)10-19-14-34-15-19)8-9-24(23)31-27(26)22-12-25(33-3)28-29-16-30-32(28)13-22/h8-9,11-13,16-20,31H,4-7,10,14-15H2,1-3H3. The molecule has 0 spiro atoms. The average Bonchev–Trinajstić information content (AvgIpc) is 3.45. The summed E-state index contributed by atoms with van der Waals surface area (Å²) >= 11 is 0. The Morgan fingerprint density at radius 1 is 1.12 bits per heavy atom. The number of nitrogens with one attached hydrogen (secondary N) is 1. The number of ether oxygens (including phenoxy) is 2. The fraction of sp³-hybridized carbons (Fsp3) is 0.500. The zero-order valence-corrected chi connectivity index (χ0v) is 20.4. The van der Waals surface area contributed by atoms with Crippen LogP contribution < -0.4 is 4.74 Å². The summed E-state index contributed by atoms with van der Waals surface area (Å²) < 4.78 is 12.8. The number of rotatable bonds is 6. The van der Waals surface area contributed by atoms with Gasteiger partial charge in [-0.2, -0.15) is 5.10 Å². The van der Waals surface area contributed by atoms with Crippen molar-refractivity contribution in [2.24, 2.45) is 11.8 Å². The van der Waals surface area contributed by atoms with Crippen molar-refractivity contribution < 1.29 is 9.47 Å². The van der Waals surface area contributed by atoms with Crippen molar-refractivity contribution in [1.82, 2.24) is 19.6 Å². The van der Waals surface area contributed by atoms with Gasteiger partial charge in [0.25, 0.3) is 0 Å². The Balaban J connectivity index is 1.33. The number of fused-ring (bicyclic) bond motifs is 2. The molecule has 6 rings (SSSR count). The SMILES string of the molecule is COc1cc(-c2[nH]c3ccc(C4CCC(CC5COC5)CC4)cc3c2C(C)C)cn2ncnc12. The lowest BCUT2D eigenvalue weighted by Gasteiger charge is -2.34. The summed E-state index contributed by atoms with van der Waals surface area (Å²) in [5, 5.41) is 5.70. The number of H-pyrrole nitrogens is 1. The molecule has 0 bridgehead atoms. The zero-order chi connectivity index (χ0) is 23.2. The third kappa shape index (κ3) is 3.78. The van der Waals surface area contributed by atoms with Gasteiger partial charge in [0.1, 0.15) is 6.33 Å². The molecule has 0 unspecified atom stereocenters. The number of nitrogens with zero attached hydrogens (tertiary/aromatic N) is 3. The first-order valence-electron chi connectivity index (χ1n) is 12.7. The summed E-state index contributed by atoms with van der Waals surface area (Å²) in [6.07, 6.45) is 10.3. The Labute approximate surface area is 200 Å². The minimum atomic E-state index is 0.386. The predicted octanol–water partition coefficient (Wildman–Crippen LogP) is 6.32. The quantitative estimate of drug-likeness (QED) is 0.367. The van der Waals surface area contributed by atoms with E-state index in [1.807, 2.05) is 6.20 Å². The Bertz CT molecular complexity index is 1310. The summed E-state index contributed by atoms with van der Waals surface area (Å²) in [6.45, 7) is 6.53. The Hall–Kier alpha value is -2.86. The Morgan fingerprint density at radius 2 is 1.94 bits per heavy atom. The van der Waals surface area contributed by atoms with Gasteiger partial charge in [-0.15, -0.1) is 0 Å². The number of benzene rings is 1. The molecule has 3 aromatic heterocycles. The molecule has 1 N–H and O–H groups in total. The van der Waals surface area contributed by atoms with Gasteiger partial charge in [-0.05, 0) is 79.2 Å². The first-order chi connectivity index (χ1) is 16.6. The molecule has 2 fully saturated rings. The van der Waals surface area contributed by atoms with E-state index in [0.717, 1.165) is 47.7 Å². The van der Waals surface area contributed by atoms with E-state index in [1.165, 1.54) is 54.1 Å². The van der Waals surface area contributed by atoms with Crippen molar-refractivity contribution in [3.05, 3.63) is 47.9 Å². The number of aromatic nitrogens is 4. The van der Waals surface area contributed by atoms with E-state index in [4.69, 9.17) is 9.47 Å². The molecule has 4 aromatic rings. The van der Waals surface area contributed by atoms with Gasteiger partial charge in [-0.25, -0.2) is 9.50 Å². The minimum absolute atomic E-state index is 0.386. The fourth-order valence-corrected chi connectivity index (χ4v) is 6.12. The molecule has 4 heterocycles. The highest BCUT2D eigenvalue weighted by Gasteiger charge is 2.28. The van der Waals surface area contributed by atoms with E-state index in [2.05, 4.69) is 53.2 Å². The zero-order valence-electron chi connectivity index (χ0n) is 20.4. The molecule has 0 amide bonds. The lowest BCUT2D eigenvalue weighted by atomic mass is 9.75. The van der Waals surface area contributed by atoms with E-state index in [-0.39, 0.29) is 0 Å². The van der Waals surface area contributed by atoms with E-state index < -0.39 is 0 Å². The molecular weight excluding hydrogens is 424 g/mol. The monoisotopic (exact) mass is 458 g/mol. The second kappa shape index (κ2) is 8.73. The van der Waals surface area contributed by atoms with Crippen LogP contribution in [0.25, 0.3) is 27.8 Å². The molecule has 0 atom stereocenters. The van der Waals surface area contributed by atoms with Crippen molar-refractivity contribution in [2.45, 2.75) is 57.8 Å². The molecule has 178 valence electrons. The molecular formula is C28H34N4O2. The van der Waals surface area contributed by atoms with E-state index in [0.29, 0.717) is 11.8 Å². The van der Waals surface area contributed by atoms with Crippen LogP contribution in [0.3, 0.4) is 0 Å². The maximum absolute atomic E-state index is 5.62. The van der Waals surface area contributed by atoms with Gasteiger partial charge < -0.3 is 14.5 Å². The highest BCUT2D eigenvalue weighted by molar-refractivity contribution is 5.92. The maximum Gasteiger partial charge on any atom is 0.197 e. The smallest absolute Gasteiger partial charge is 0.197 e. The van der Waals surface area contributed by atoms with Gasteiger partial charge in [-0.1, -0.05) is 19.9 Å². The van der Waals surface area contributed by atoms with Crippen molar-refractivity contribution in [3.8, 4) is 17.0 Å². The van der Waals surface area contributed by atoms with Crippen LogP contribution in [0.2, 0.25) is 0 Å². The summed E-state index contributed by atoms with van der Waals surface area (Å²) in [5.41, 5.74) is 6.99. The largest absolute Gasteiger partial charge is 0.493 e. The number of aromatic amines is 1. The summed E-state index contributed by atoms with van der Waals surface area (Å²) in [6, 6.07) is 9.15. The minimum Gasteiger partial charge on any atom is -0.493 e. The van der Waals surface area contributed by atoms with Gasteiger partial charge in [0.05, 0.1) is 26.0 Å². The third-order valence-corrected chi connectivity index (χ3v) is 7.98. The Kier molecular flexibility index (Phi) is 5.56. The maximum atomic E-state index is 5.62. The van der Waals surface area contributed by atoms with Crippen molar-refractivity contribution in [3.63, 3.8) is 0 Å². The molecule has 6 heteroatoms. The average molecular weight is 459 g/mol. The number of methoxy groups -OCH3 is 1. The molecule has 1 aromatic carbocycles. The van der Waals surface area contributed by atoms with Gasteiger partial charge in [0, 0.05) is 28.6 Å². The summed E-state index contributed by atoms with van der Waals surface area (Å²) in [5.74, 6) is 3.50. The molecule has 2 aliphatic rings. The molecule has 1 aliphatic heterocycles. The first kappa shape index (κ1) is 21.7. The van der Waals surface area contributed by atoms with Gasteiger partial charge in [0.2, 0.25) is 0 Å². The lowest BCUT2D eigenvalue weighted by Crippen LogP contribution is -2.30. The third-order valence-electron chi connectivity index (χ3n) is 7.98. The normalized spacial score (nSPS) is 21.4. The van der Waals surface area contributed by atoms with Crippen LogP contribution in [0.4, 0.5) is 0 Å². The van der Waals surface area contributed by atoms with Crippen LogP contribution in [0.5, 0.6) is 5.75 Å². The van der Waals surface area contributed by atoms with Crippen LogP contribution in [-0.4, -0.2) is 39.9 Å². The molecule has 1 aliphatic carbocycles. The summed E-state index contributed by atoms with van der Waals surface area (Å²) in [7, 11) is 1.68. The number of hydrogen-bond donors (Lipinski definition) is 1. The highest BCUT2D eigenvalue weighted by atomic mass is 16.5.